The van der Waals surface area contributed by atoms with Crippen LogP contribution in [-0.4, -0.2) is 20.4 Å². The van der Waals surface area contributed by atoms with Gasteiger partial charge in [0, 0.05) is 24.2 Å². The molecule has 0 N–H and O–H groups in total. The highest BCUT2D eigenvalue weighted by atomic mass is 35.5. The van der Waals surface area contributed by atoms with Crippen molar-refractivity contribution in [3.8, 4) is 0 Å². The summed E-state index contributed by atoms with van der Waals surface area (Å²) in [4.78, 5) is 10.3. The molecule has 0 saturated carbocycles. The van der Waals surface area contributed by atoms with E-state index in [0.29, 0.717) is 0 Å². The maximum absolute atomic E-state index is 12.4. The molecule has 6 nitrogen and oxygen atoms in total. The molecule has 110 valence electrons. The van der Waals surface area contributed by atoms with Crippen LogP contribution in [-0.2, 0) is 10.0 Å². The van der Waals surface area contributed by atoms with E-state index in [2.05, 4.69) is 0 Å². The number of hydrogen-bond acceptors (Lipinski definition) is 4. The highest BCUT2D eigenvalue weighted by Gasteiger charge is 2.23. The summed E-state index contributed by atoms with van der Waals surface area (Å²) in [6, 6.07) is 11.5. The lowest BCUT2D eigenvalue weighted by Gasteiger charge is -2.19. The zero-order chi connectivity index (χ0) is 15.6. The maximum Gasteiger partial charge on any atom is 0.273 e. The summed E-state index contributed by atoms with van der Waals surface area (Å²) in [5.41, 5.74) is -0.148. The third-order valence-electron chi connectivity index (χ3n) is 2.84. The first-order valence-electron chi connectivity index (χ1n) is 5.81. The van der Waals surface area contributed by atoms with Gasteiger partial charge in [0.1, 0.15) is 0 Å². The van der Waals surface area contributed by atoms with Crippen LogP contribution < -0.4 is 4.31 Å². The number of hydrogen-bond donors (Lipinski definition) is 0. The van der Waals surface area contributed by atoms with Crippen LogP contribution in [0.5, 0.6) is 0 Å². The van der Waals surface area contributed by atoms with Crippen LogP contribution in [0, 0.1) is 10.1 Å². The van der Waals surface area contributed by atoms with Gasteiger partial charge in [-0.2, -0.15) is 0 Å². The van der Waals surface area contributed by atoms with Crippen molar-refractivity contribution in [3.05, 3.63) is 63.7 Å². The van der Waals surface area contributed by atoms with E-state index in [4.69, 9.17) is 11.6 Å². The molecule has 21 heavy (non-hydrogen) atoms. The number of anilines is 1. The van der Waals surface area contributed by atoms with E-state index >= 15 is 0 Å². The predicted molar refractivity (Wildman–Crippen MR) is 80.1 cm³/mol. The summed E-state index contributed by atoms with van der Waals surface area (Å²) >= 11 is 5.81. The number of halogens is 1. The Kier molecular flexibility index (Phi) is 4.15. The SMILES string of the molecule is CN(c1cc(Cl)cc([N+](=O)[O-])c1)S(=O)(=O)c1ccccc1. The summed E-state index contributed by atoms with van der Waals surface area (Å²) in [6.07, 6.45) is 0. The van der Waals surface area contributed by atoms with Crippen LogP contribution in [0.15, 0.2) is 53.4 Å². The molecule has 0 aliphatic rings. The third-order valence-corrected chi connectivity index (χ3v) is 4.86. The third kappa shape index (κ3) is 3.14. The molecule has 8 heteroatoms. The normalized spacial score (nSPS) is 11.1. The topological polar surface area (TPSA) is 80.5 Å². The van der Waals surface area contributed by atoms with Crippen LogP contribution >= 0.6 is 11.6 Å². The Labute approximate surface area is 126 Å². The lowest BCUT2D eigenvalue weighted by Crippen LogP contribution is -2.26. The van der Waals surface area contributed by atoms with Gasteiger partial charge in [-0.1, -0.05) is 29.8 Å². The molecule has 0 spiro atoms. The minimum atomic E-state index is -3.80. The molecule has 0 bridgehead atoms. The van der Waals surface area contributed by atoms with E-state index < -0.39 is 14.9 Å². The zero-order valence-electron chi connectivity index (χ0n) is 10.9. The van der Waals surface area contributed by atoms with E-state index in [9.17, 15) is 18.5 Å². The van der Waals surface area contributed by atoms with Gasteiger partial charge in [0.05, 0.1) is 15.5 Å². The fourth-order valence-electron chi connectivity index (χ4n) is 1.74. The molecule has 2 rings (SSSR count). The summed E-state index contributed by atoms with van der Waals surface area (Å²) in [7, 11) is -2.48. The molecule has 0 amide bonds. The smallest absolute Gasteiger partial charge is 0.269 e. The van der Waals surface area contributed by atoms with Crippen molar-refractivity contribution in [1.29, 1.82) is 0 Å². The maximum atomic E-state index is 12.4. The molecule has 0 aliphatic carbocycles. The van der Waals surface area contributed by atoms with Gasteiger partial charge in [-0.15, -0.1) is 0 Å². The van der Waals surface area contributed by atoms with Crippen molar-refractivity contribution >= 4 is 33.0 Å². The van der Waals surface area contributed by atoms with Crippen LogP contribution in [0.3, 0.4) is 0 Å². The number of nitro groups is 1. The number of benzene rings is 2. The Morgan fingerprint density at radius 3 is 2.33 bits per heavy atom. The van der Waals surface area contributed by atoms with Gasteiger partial charge in [-0.05, 0) is 18.2 Å². The van der Waals surface area contributed by atoms with Crippen molar-refractivity contribution in [2.75, 3.05) is 11.4 Å². The monoisotopic (exact) mass is 326 g/mol. The first-order valence-corrected chi connectivity index (χ1v) is 7.63. The fourth-order valence-corrected chi connectivity index (χ4v) is 3.16. The van der Waals surface area contributed by atoms with Gasteiger partial charge in [-0.3, -0.25) is 14.4 Å². The number of non-ortho nitro benzene ring substituents is 1. The quantitative estimate of drug-likeness (QED) is 0.638. The molecule has 2 aromatic rings. The first kappa shape index (κ1) is 15.3. The Morgan fingerprint density at radius 2 is 1.76 bits per heavy atom. The first-order chi connectivity index (χ1) is 9.82. The average Bonchev–Trinajstić information content (AvgIpc) is 2.46. The van der Waals surface area contributed by atoms with Crippen molar-refractivity contribution in [2.24, 2.45) is 0 Å². The molecule has 0 heterocycles. The van der Waals surface area contributed by atoms with E-state index in [1.165, 1.54) is 25.2 Å². The minimum Gasteiger partial charge on any atom is -0.269 e. The highest BCUT2D eigenvalue weighted by molar-refractivity contribution is 7.92. The Hall–Kier alpha value is -2.12. The zero-order valence-corrected chi connectivity index (χ0v) is 12.5. The Morgan fingerprint density at radius 1 is 1.14 bits per heavy atom. The van der Waals surface area contributed by atoms with Crippen molar-refractivity contribution < 1.29 is 13.3 Å². The second-order valence-corrected chi connectivity index (χ2v) is 6.62. The summed E-state index contributed by atoms with van der Waals surface area (Å²) in [5, 5.41) is 10.9. The largest absolute Gasteiger partial charge is 0.273 e. The molecule has 0 fully saturated rings. The minimum absolute atomic E-state index is 0.0920. The van der Waals surface area contributed by atoms with Gasteiger partial charge in [0.2, 0.25) is 0 Å². The Balaban J connectivity index is 2.50. The molecule has 0 aromatic heterocycles. The van der Waals surface area contributed by atoms with Crippen LogP contribution in [0.4, 0.5) is 11.4 Å². The van der Waals surface area contributed by atoms with Gasteiger partial charge in [0.25, 0.3) is 15.7 Å². The van der Waals surface area contributed by atoms with E-state index in [-0.39, 0.29) is 21.3 Å². The van der Waals surface area contributed by atoms with Crippen LogP contribution in [0.1, 0.15) is 0 Å². The highest BCUT2D eigenvalue weighted by Crippen LogP contribution is 2.29. The molecule has 0 unspecified atom stereocenters. The molecule has 0 aliphatic heterocycles. The van der Waals surface area contributed by atoms with Crippen molar-refractivity contribution in [3.63, 3.8) is 0 Å². The van der Waals surface area contributed by atoms with Crippen molar-refractivity contribution in [1.82, 2.24) is 0 Å². The molecular weight excluding hydrogens is 316 g/mol. The van der Waals surface area contributed by atoms with E-state index in [0.717, 1.165) is 16.4 Å². The van der Waals surface area contributed by atoms with Crippen LogP contribution in [0.2, 0.25) is 5.02 Å². The van der Waals surface area contributed by atoms with Gasteiger partial charge >= 0.3 is 0 Å². The predicted octanol–water partition coefficient (Wildman–Crippen LogP) is 3.07. The lowest BCUT2D eigenvalue weighted by atomic mass is 10.3. The lowest BCUT2D eigenvalue weighted by molar-refractivity contribution is -0.384. The number of nitrogens with zero attached hydrogens (tertiary/aromatic N) is 2. The fraction of sp³-hybridized carbons (Fsp3) is 0.0769. The standard InChI is InChI=1S/C13H11ClN2O4S/c1-15(21(19,20)13-5-3-2-4-6-13)11-7-10(14)8-12(9-11)16(17)18/h2-9H,1H3. The molecule has 0 atom stereocenters. The number of nitro benzene ring substituents is 1. The van der Waals surface area contributed by atoms with Gasteiger partial charge in [0.15, 0.2) is 0 Å². The molecular formula is C13H11ClN2O4S. The van der Waals surface area contributed by atoms with E-state index in [1.807, 2.05) is 0 Å². The summed E-state index contributed by atoms with van der Waals surface area (Å²) in [6.45, 7) is 0. The molecule has 0 saturated heterocycles. The van der Waals surface area contributed by atoms with Gasteiger partial charge < -0.3 is 0 Å². The number of rotatable bonds is 4. The summed E-state index contributed by atoms with van der Waals surface area (Å²) < 4.78 is 25.8. The summed E-state index contributed by atoms with van der Waals surface area (Å²) in [5.74, 6) is 0. The molecule has 0 radical (unpaired) electrons. The second kappa shape index (κ2) is 5.71. The van der Waals surface area contributed by atoms with Crippen molar-refractivity contribution in [2.45, 2.75) is 4.90 Å². The number of sulfonamides is 1. The molecule has 2 aromatic carbocycles. The second-order valence-electron chi connectivity index (χ2n) is 4.21. The van der Waals surface area contributed by atoms with E-state index in [1.54, 1.807) is 18.2 Å². The Bertz CT molecular complexity index is 778. The van der Waals surface area contributed by atoms with Gasteiger partial charge in [-0.25, -0.2) is 8.42 Å². The average molecular weight is 327 g/mol. The van der Waals surface area contributed by atoms with Crippen LogP contribution in [0.25, 0.3) is 0 Å².